The number of hydrogen-bond donors (Lipinski definition) is 0. The smallest absolute Gasteiger partial charge is 0.248 e. The molecule has 4 aromatic rings. The molecule has 0 radical (unpaired) electrons. The van der Waals surface area contributed by atoms with E-state index in [1.807, 2.05) is 24.3 Å². The van der Waals surface area contributed by atoms with Gasteiger partial charge >= 0.3 is 0 Å². The molecule has 0 saturated carbocycles. The van der Waals surface area contributed by atoms with E-state index in [0.717, 1.165) is 11.3 Å². The first-order valence-corrected chi connectivity index (χ1v) is 11.2. The van der Waals surface area contributed by atoms with Gasteiger partial charge in [0, 0.05) is 12.6 Å². The van der Waals surface area contributed by atoms with Crippen molar-refractivity contribution in [3.63, 3.8) is 0 Å². The Morgan fingerprint density at radius 1 is 1.16 bits per heavy atom. The molecular formula is C21H23N5O5S. The van der Waals surface area contributed by atoms with Crippen molar-refractivity contribution in [2.45, 2.75) is 31.8 Å². The van der Waals surface area contributed by atoms with E-state index in [-0.39, 0.29) is 18.0 Å². The third-order valence-electron chi connectivity index (χ3n) is 5.04. The fourth-order valence-corrected chi connectivity index (χ4v) is 4.88. The van der Waals surface area contributed by atoms with Gasteiger partial charge in [0.15, 0.2) is 0 Å². The Morgan fingerprint density at radius 2 is 1.91 bits per heavy atom. The molecule has 0 aliphatic rings. The van der Waals surface area contributed by atoms with Gasteiger partial charge in [-0.25, -0.2) is 8.42 Å². The van der Waals surface area contributed by atoms with E-state index in [0.29, 0.717) is 28.9 Å². The molecule has 0 atom stereocenters. The van der Waals surface area contributed by atoms with Crippen LogP contribution in [0.5, 0.6) is 5.75 Å². The van der Waals surface area contributed by atoms with Gasteiger partial charge in [0.2, 0.25) is 21.7 Å². The van der Waals surface area contributed by atoms with E-state index in [1.165, 1.54) is 17.6 Å². The number of aromatic nitrogens is 4. The molecule has 32 heavy (non-hydrogen) atoms. The highest BCUT2D eigenvalue weighted by molar-refractivity contribution is 7.89. The highest BCUT2D eigenvalue weighted by Gasteiger charge is 2.29. The standard InChI is InChI=1S/C21H23N5O5S/c1-14-20(32(27,28)25(3)12-18-6-5-11-30-18)15(2)26(23-14)13-19-22-21(24-31-19)16-7-9-17(29-4)10-8-16/h5-11H,12-13H2,1-4H3. The summed E-state index contributed by atoms with van der Waals surface area (Å²) in [6.07, 6.45) is 1.51. The first kappa shape index (κ1) is 21.8. The van der Waals surface area contributed by atoms with Gasteiger partial charge in [0.1, 0.15) is 22.9 Å². The summed E-state index contributed by atoms with van der Waals surface area (Å²) in [6.45, 7) is 3.63. The Bertz CT molecular complexity index is 1310. The number of methoxy groups -OCH3 is 1. The number of furan rings is 1. The molecule has 0 amide bonds. The number of ether oxygens (including phenoxy) is 1. The van der Waals surface area contributed by atoms with Crippen molar-refractivity contribution in [3.05, 3.63) is 65.7 Å². The Labute approximate surface area is 185 Å². The van der Waals surface area contributed by atoms with Crippen molar-refractivity contribution in [2.24, 2.45) is 0 Å². The summed E-state index contributed by atoms with van der Waals surface area (Å²) in [5.41, 5.74) is 1.65. The normalized spacial score (nSPS) is 11.9. The second-order valence-corrected chi connectivity index (χ2v) is 9.22. The van der Waals surface area contributed by atoms with Crippen molar-refractivity contribution < 1.29 is 22.1 Å². The number of benzene rings is 1. The molecule has 3 aromatic heterocycles. The molecule has 0 spiro atoms. The maximum Gasteiger partial charge on any atom is 0.248 e. The van der Waals surface area contributed by atoms with Crippen molar-refractivity contribution in [2.75, 3.05) is 14.2 Å². The fraction of sp³-hybridized carbons (Fsp3) is 0.286. The zero-order valence-electron chi connectivity index (χ0n) is 18.1. The van der Waals surface area contributed by atoms with E-state index in [9.17, 15) is 8.42 Å². The first-order chi connectivity index (χ1) is 15.3. The van der Waals surface area contributed by atoms with Crippen LogP contribution in [0.4, 0.5) is 0 Å². The fourth-order valence-electron chi connectivity index (χ4n) is 3.38. The average Bonchev–Trinajstić information content (AvgIpc) is 3.50. The molecule has 10 nitrogen and oxygen atoms in total. The van der Waals surface area contributed by atoms with Gasteiger partial charge in [-0.2, -0.15) is 14.4 Å². The summed E-state index contributed by atoms with van der Waals surface area (Å²) in [7, 11) is -0.677. The number of sulfonamides is 1. The summed E-state index contributed by atoms with van der Waals surface area (Å²) < 4.78 is 44.9. The lowest BCUT2D eigenvalue weighted by molar-refractivity contribution is 0.364. The van der Waals surface area contributed by atoms with Crippen LogP contribution in [0.25, 0.3) is 11.4 Å². The number of hydrogen-bond acceptors (Lipinski definition) is 8. The van der Waals surface area contributed by atoms with E-state index in [4.69, 9.17) is 13.7 Å². The van der Waals surface area contributed by atoms with Crippen LogP contribution in [0.2, 0.25) is 0 Å². The van der Waals surface area contributed by atoms with E-state index in [2.05, 4.69) is 15.2 Å². The lowest BCUT2D eigenvalue weighted by Gasteiger charge is -2.16. The van der Waals surface area contributed by atoms with Crippen LogP contribution in [0.3, 0.4) is 0 Å². The predicted octanol–water partition coefficient (Wildman–Crippen LogP) is 3.02. The number of rotatable bonds is 8. The van der Waals surface area contributed by atoms with Gasteiger partial charge < -0.3 is 13.7 Å². The molecule has 168 valence electrons. The monoisotopic (exact) mass is 457 g/mol. The molecule has 11 heteroatoms. The van der Waals surface area contributed by atoms with E-state index < -0.39 is 10.0 Å². The maximum atomic E-state index is 13.2. The SMILES string of the molecule is COc1ccc(-c2noc(Cn3nc(C)c(S(=O)(=O)N(C)Cc4ccco4)c3C)n2)cc1. The minimum atomic E-state index is -3.78. The molecule has 0 fully saturated rings. The minimum absolute atomic E-state index is 0.119. The van der Waals surface area contributed by atoms with Crippen LogP contribution in [0, 0.1) is 13.8 Å². The van der Waals surface area contributed by atoms with Crippen LogP contribution in [-0.2, 0) is 23.1 Å². The van der Waals surface area contributed by atoms with Gasteiger partial charge in [-0.15, -0.1) is 0 Å². The van der Waals surface area contributed by atoms with Gasteiger partial charge in [-0.3, -0.25) is 4.68 Å². The summed E-state index contributed by atoms with van der Waals surface area (Å²) >= 11 is 0. The van der Waals surface area contributed by atoms with Crippen LogP contribution >= 0.6 is 0 Å². The maximum absolute atomic E-state index is 13.2. The van der Waals surface area contributed by atoms with Crippen molar-refractivity contribution in [1.29, 1.82) is 0 Å². The average molecular weight is 458 g/mol. The van der Waals surface area contributed by atoms with Crippen molar-refractivity contribution in [1.82, 2.24) is 24.2 Å². The zero-order chi connectivity index (χ0) is 22.9. The lowest BCUT2D eigenvalue weighted by Crippen LogP contribution is -2.27. The van der Waals surface area contributed by atoms with E-state index in [1.54, 1.807) is 37.8 Å². The van der Waals surface area contributed by atoms with Gasteiger partial charge in [-0.05, 0) is 50.2 Å². The molecule has 0 aliphatic heterocycles. The van der Waals surface area contributed by atoms with Gasteiger partial charge in [-0.1, -0.05) is 5.16 Å². The molecular weight excluding hydrogens is 434 g/mol. The summed E-state index contributed by atoms with van der Waals surface area (Å²) in [6, 6.07) is 10.7. The molecule has 0 unspecified atom stereocenters. The Balaban J connectivity index is 1.56. The molecule has 0 saturated heterocycles. The van der Waals surface area contributed by atoms with Crippen LogP contribution in [0.15, 0.2) is 56.5 Å². The summed E-state index contributed by atoms with van der Waals surface area (Å²) in [5.74, 6) is 2.02. The Hall–Kier alpha value is -3.44. The molecule has 1 aromatic carbocycles. The topological polar surface area (TPSA) is 116 Å². The first-order valence-electron chi connectivity index (χ1n) is 9.79. The quantitative estimate of drug-likeness (QED) is 0.396. The Kier molecular flexibility index (Phi) is 5.85. The highest BCUT2D eigenvalue weighted by atomic mass is 32.2. The predicted molar refractivity (Wildman–Crippen MR) is 114 cm³/mol. The molecule has 3 heterocycles. The Morgan fingerprint density at radius 3 is 2.56 bits per heavy atom. The third kappa shape index (κ3) is 4.16. The van der Waals surface area contributed by atoms with Crippen LogP contribution in [-0.4, -0.2) is 46.8 Å². The van der Waals surface area contributed by atoms with Crippen LogP contribution < -0.4 is 4.74 Å². The molecule has 0 aliphatic carbocycles. The van der Waals surface area contributed by atoms with Crippen LogP contribution in [0.1, 0.15) is 23.0 Å². The lowest BCUT2D eigenvalue weighted by atomic mass is 10.2. The highest BCUT2D eigenvalue weighted by Crippen LogP contribution is 2.25. The second-order valence-electron chi connectivity index (χ2n) is 7.24. The second kappa shape index (κ2) is 8.60. The summed E-state index contributed by atoms with van der Waals surface area (Å²) in [4.78, 5) is 4.56. The largest absolute Gasteiger partial charge is 0.497 e. The molecule has 4 rings (SSSR count). The van der Waals surface area contributed by atoms with Crippen molar-refractivity contribution in [3.8, 4) is 17.1 Å². The summed E-state index contributed by atoms with van der Waals surface area (Å²) in [5, 5.41) is 8.41. The number of nitrogens with zero attached hydrogens (tertiary/aromatic N) is 5. The van der Waals surface area contributed by atoms with E-state index >= 15 is 0 Å². The van der Waals surface area contributed by atoms with Gasteiger partial charge in [0.05, 0.1) is 31.3 Å². The molecule has 0 N–H and O–H groups in total. The zero-order valence-corrected chi connectivity index (χ0v) is 19.0. The van der Waals surface area contributed by atoms with Gasteiger partial charge in [0.25, 0.3) is 0 Å². The number of aryl methyl sites for hydroxylation is 1. The van der Waals surface area contributed by atoms with Crippen molar-refractivity contribution >= 4 is 10.0 Å². The third-order valence-corrected chi connectivity index (χ3v) is 7.10. The molecule has 0 bridgehead atoms. The minimum Gasteiger partial charge on any atom is -0.497 e.